The zero-order valence-electron chi connectivity index (χ0n) is 17.3. The minimum atomic E-state index is -4.38. The van der Waals surface area contributed by atoms with Gasteiger partial charge in [0.05, 0.1) is 16.6 Å². The highest BCUT2D eigenvalue weighted by atomic mass is 19.4. The summed E-state index contributed by atoms with van der Waals surface area (Å²) in [6.45, 7) is 0. The maximum Gasteiger partial charge on any atom is 0.416 e. The summed E-state index contributed by atoms with van der Waals surface area (Å²) in [5.41, 5.74) is 2.60. The fourth-order valence-corrected chi connectivity index (χ4v) is 4.54. The Morgan fingerprint density at radius 1 is 0.576 bits per heavy atom. The Morgan fingerprint density at radius 3 is 1.76 bits per heavy atom. The molecule has 1 aromatic heterocycles. The molecule has 0 amide bonds. The zero-order chi connectivity index (χ0) is 22.6. The highest BCUT2D eigenvalue weighted by Gasteiger charge is 2.30. The van der Waals surface area contributed by atoms with Crippen LogP contribution in [0.5, 0.6) is 0 Å². The van der Waals surface area contributed by atoms with Crippen molar-refractivity contribution in [1.29, 1.82) is 0 Å². The summed E-state index contributed by atoms with van der Waals surface area (Å²) in [5.74, 6) is 0.603. The van der Waals surface area contributed by atoms with Gasteiger partial charge in [0.15, 0.2) is 0 Å². The normalized spacial score (nSPS) is 12.1. The number of halogens is 3. The lowest BCUT2D eigenvalue weighted by Crippen LogP contribution is -2.04. The molecule has 0 aliphatic rings. The van der Waals surface area contributed by atoms with Crippen molar-refractivity contribution in [3.8, 4) is 17.1 Å². The van der Waals surface area contributed by atoms with E-state index >= 15 is 0 Å². The lowest BCUT2D eigenvalue weighted by atomic mass is 10.00. The van der Waals surface area contributed by atoms with E-state index in [0.717, 1.165) is 50.4 Å². The van der Waals surface area contributed by atoms with Gasteiger partial charge in [-0.25, -0.2) is 4.98 Å². The van der Waals surface area contributed by atoms with E-state index in [1.54, 1.807) is 0 Å². The molecule has 1 heterocycles. The Balaban J connectivity index is 1.77. The van der Waals surface area contributed by atoms with Crippen LogP contribution >= 0.6 is 0 Å². The molecule has 2 nitrogen and oxygen atoms in total. The first-order valence-electron chi connectivity index (χ1n) is 10.6. The van der Waals surface area contributed by atoms with Crippen LogP contribution in [0.15, 0.2) is 103 Å². The number of hydrogen-bond acceptors (Lipinski definition) is 1. The Hall–Kier alpha value is -4.12. The van der Waals surface area contributed by atoms with Crippen LogP contribution in [-0.2, 0) is 6.18 Å². The SMILES string of the molecule is FC(F)(F)c1ccc(-c2nc3c4ccccc4c4ccccc4c3n2-c2ccccc2)cc1. The number of imidazole rings is 1. The molecule has 0 N–H and O–H groups in total. The largest absolute Gasteiger partial charge is 0.416 e. The predicted molar refractivity (Wildman–Crippen MR) is 127 cm³/mol. The van der Waals surface area contributed by atoms with Crippen LogP contribution in [0.4, 0.5) is 13.2 Å². The Bertz CT molecular complexity index is 1630. The van der Waals surface area contributed by atoms with Crippen molar-refractivity contribution in [3.63, 3.8) is 0 Å². The van der Waals surface area contributed by atoms with Crippen LogP contribution in [0.1, 0.15) is 5.56 Å². The molecule has 160 valence electrons. The van der Waals surface area contributed by atoms with Gasteiger partial charge >= 0.3 is 6.18 Å². The standard InChI is InChI=1S/C28H17F3N2/c29-28(30,31)19-16-14-18(15-17-19)27-32-25-23-12-6-4-10-21(23)22-11-5-7-13-24(22)26(25)33(27)20-8-2-1-3-9-20/h1-17H. The fraction of sp³-hybridized carbons (Fsp3) is 0.0357. The number of hydrogen-bond donors (Lipinski definition) is 0. The van der Waals surface area contributed by atoms with Crippen molar-refractivity contribution in [3.05, 3.63) is 109 Å². The molecule has 6 aromatic rings. The van der Waals surface area contributed by atoms with Crippen LogP contribution in [0.3, 0.4) is 0 Å². The predicted octanol–water partition coefficient (Wildman–Crippen LogP) is 8.02. The van der Waals surface area contributed by atoms with E-state index in [1.165, 1.54) is 12.1 Å². The molecular weight excluding hydrogens is 421 g/mol. The van der Waals surface area contributed by atoms with Crippen LogP contribution in [0, 0.1) is 0 Å². The third-order valence-corrected chi connectivity index (χ3v) is 6.02. The Kier molecular flexibility index (Phi) is 4.27. The molecular formula is C28H17F3N2. The number of para-hydroxylation sites is 1. The minimum absolute atomic E-state index is 0.603. The van der Waals surface area contributed by atoms with E-state index in [4.69, 9.17) is 4.98 Å². The Labute approximate surface area is 187 Å². The molecule has 0 bridgehead atoms. The summed E-state index contributed by atoms with van der Waals surface area (Å²) >= 11 is 0. The van der Waals surface area contributed by atoms with Gasteiger partial charge in [-0.05, 0) is 35.0 Å². The molecule has 0 saturated carbocycles. The van der Waals surface area contributed by atoms with Crippen molar-refractivity contribution in [2.24, 2.45) is 0 Å². The van der Waals surface area contributed by atoms with E-state index in [1.807, 2.05) is 65.2 Å². The average molecular weight is 438 g/mol. The number of nitrogens with zero attached hydrogens (tertiary/aromatic N) is 2. The smallest absolute Gasteiger partial charge is 0.292 e. The molecule has 0 aliphatic heterocycles. The van der Waals surface area contributed by atoms with Crippen molar-refractivity contribution in [1.82, 2.24) is 9.55 Å². The number of alkyl halides is 3. The number of benzene rings is 5. The molecule has 0 saturated heterocycles. The zero-order valence-corrected chi connectivity index (χ0v) is 17.3. The molecule has 0 radical (unpaired) electrons. The van der Waals surface area contributed by atoms with Crippen LogP contribution in [0.2, 0.25) is 0 Å². The fourth-order valence-electron chi connectivity index (χ4n) is 4.54. The van der Waals surface area contributed by atoms with Crippen molar-refractivity contribution in [2.45, 2.75) is 6.18 Å². The number of aromatic nitrogens is 2. The lowest BCUT2D eigenvalue weighted by molar-refractivity contribution is -0.137. The van der Waals surface area contributed by atoms with Crippen LogP contribution in [-0.4, -0.2) is 9.55 Å². The number of fused-ring (bicyclic) bond motifs is 6. The summed E-state index contributed by atoms with van der Waals surface area (Å²) in [6, 6.07) is 31.3. The summed E-state index contributed by atoms with van der Waals surface area (Å²) in [6.07, 6.45) is -4.38. The molecule has 0 unspecified atom stereocenters. The average Bonchev–Trinajstić information content (AvgIpc) is 3.25. The third kappa shape index (κ3) is 3.08. The van der Waals surface area contributed by atoms with Gasteiger partial charge in [-0.3, -0.25) is 4.57 Å². The molecule has 0 fully saturated rings. The van der Waals surface area contributed by atoms with Crippen LogP contribution in [0.25, 0.3) is 49.7 Å². The van der Waals surface area contributed by atoms with E-state index in [-0.39, 0.29) is 0 Å². The van der Waals surface area contributed by atoms with Gasteiger partial charge in [-0.2, -0.15) is 13.2 Å². The second-order valence-electron chi connectivity index (χ2n) is 7.97. The van der Waals surface area contributed by atoms with Gasteiger partial charge in [0.25, 0.3) is 0 Å². The van der Waals surface area contributed by atoms with Crippen molar-refractivity contribution < 1.29 is 13.2 Å². The van der Waals surface area contributed by atoms with E-state index in [9.17, 15) is 13.2 Å². The van der Waals surface area contributed by atoms with Gasteiger partial charge in [-0.15, -0.1) is 0 Å². The maximum absolute atomic E-state index is 13.2. The lowest BCUT2D eigenvalue weighted by Gasteiger charge is -2.13. The molecule has 5 aromatic carbocycles. The first-order chi connectivity index (χ1) is 16.0. The molecule has 0 spiro atoms. The van der Waals surface area contributed by atoms with Gasteiger partial charge in [0, 0.05) is 22.0 Å². The monoisotopic (exact) mass is 438 g/mol. The molecule has 0 aliphatic carbocycles. The second-order valence-corrected chi connectivity index (χ2v) is 7.97. The summed E-state index contributed by atoms with van der Waals surface area (Å²) < 4.78 is 41.5. The topological polar surface area (TPSA) is 17.8 Å². The highest BCUT2D eigenvalue weighted by molar-refractivity contribution is 6.24. The first-order valence-corrected chi connectivity index (χ1v) is 10.6. The summed E-state index contributed by atoms with van der Waals surface area (Å²) in [5, 5.41) is 4.25. The van der Waals surface area contributed by atoms with Crippen molar-refractivity contribution in [2.75, 3.05) is 0 Å². The quantitative estimate of drug-likeness (QED) is 0.250. The van der Waals surface area contributed by atoms with Gasteiger partial charge < -0.3 is 0 Å². The van der Waals surface area contributed by atoms with Gasteiger partial charge in [0.1, 0.15) is 5.82 Å². The molecule has 5 heteroatoms. The summed E-state index contributed by atoms with van der Waals surface area (Å²) in [7, 11) is 0. The molecule has 0 atom stereocenters. The van der Waals surface area contributed by atoms with Gasteiger partial charge in [-0.1, -0.05) is 78.9 Å². The highest BCUT2D eigenvalue weighted by Crippen LogP contribution is 2.39. The maximum atomic E-state index is 13.2. The minimum Gasteiger partial charge on any atom is -0.292 e. The van der Waals surface area contributed by atoms with E-state index in [0.29, 0.717) is 11.4 Å². The number of rotatable bonds is 2. The Morgan fingerprint density at radius 2 is 1.12 bits per heavy atom. The first kappa shape index (κ1) is 19.6. The molecule has 6 rings (SSSR count). The third-order valence-electron chi connectivity index (χ3n) is 6.02. The van der Waals surface area contributed by atoms with Crippen LogP contribution < -0.4 is 0 Å². The van der Waals surface area contributed by atoms with Gasteiger partial charge in [0.2, 0.25) is 0 Å². The van der Waals surface area contributed by atoms with E-state index in [2.05, 4.69) is 18.2 Å². The molecule has 33 heavy (non-hydrogen) atoms. The van der Waals surface area contributed by atoms with E-state index < -0.39 is 11.7 Å². The summed E-state index contributed by atoms with van der Waals surface area (Å²) in [4.78, 5) is 5.01. The second kappa shape index (κ2) is 7.20. The van der Waals surface area contributed by atoms with Crippen molar-refractivity contribution >= 4 is 32.6 Å².